The summed E-state index contributed by atoms with van der Waals surface area (Å²) in [6.07, 6.45) is 7.61. The van der Waals surface area contributed by atoms with E-state index in [0.29, 0.717) is 13.0 Å². The second kappa shape index (κ2) is 13.2. The van der Waals surface area contributed by atoms with Gasteiger partial charge in [0.1, 0.15) is 5.75 Å². The number of para-hydroxylation sites is 1. The molecule has 0 N–H and O–H groups in total. The van der Waals surface area contributed by atoms with Crippen molar-refractivity contribution in [2.45, 2.75) is 65.0 Å². The zero-order chi connectivity index (χ0) is 25.2. The fourth-order valence-electron chi connectivity index (χ4n) is 5.19. The molecule has 0 radical (unpaired) electrons. The van der Waals surface area contributed by atoms with E-state index in [1.165, 1.54) is 48.9 Å². The molecule has 4 nitrogen and oxygen atoms in total. The molecule has 1 aliphatic heterocycles. The Morgan fingerprint density at radius 1 is 0.806 bits per heavy atom. The fraction of sp³-hybridized carbons (Fsp3) is 0.406. The quantitative estimate of drug-likeness (QED) is 0.393. The van der Waals surface area contributed by atoms with Gasteiger partial charge in [-0.05, 0) is 54.2 Å². The van der Waals surface area contributed by atoms with Crippen molar-refractivity contribution in [3.8, 4) is 5.75 Å². The van der Waals surface area contributed by atoms with Gasteiger partial charge < -0.3 is 14.5 Å². The summed E-state index contributed by atoms with van der Waals surface area (Å²) in [5.41, 5.74) is 5.90. The predicted molar refractivity (Wildman–Crippen MR) is 148 cm³/mol. The molecule has 0 fully saturated rings. The number of hydrogen-bond acceptors (Lipinski definition) is 3. The topological polar surface area (TPSA) is 32.8 Å². The van der Waals surface area contributed by atoms with Crippen LogP contribution in [0.4, 0.5) is 5.69 Å². The number of nitrogens with zero attached hydrogens (tertiary/aromatic N) is 2. The third-order valence-electron chi connectivity index (χ3n) is 7.18. The lowest BCUT2D eigenvalue weighted by atomic mass is 10.1. The summed E-state index contributed by atoms with van der Waals surface area (Å²) in [5.74, 6) is 1.06. The summed E-state index contributed by atoms with van der Waals surface area (Å²) < 4.78 is 5.40. The first-order valence-corrected chi connectivity index (χ1v) is 13.4. The minimum Gasteiger partial charge on any atom is -0.496 e. The van der Waals surface area contributed by atoms with E-state index in [1.807, 2.05) is 19.1 Å². The maximum Gasteiger partial charge on any atom is 0.227 e. The zero-order valence-corrected chi connectivity index (χ0v) is 21.9. The molecule has 4 heteroatoms. The zero-order valence-electron chi connectivity index (χ0n) is 21.9. The Labute approximate surface area is 216 Å². The van der Waals surface area contributed by atoms with Gasteiger partial charge in [-0.3, -0.25) is 4.79 Å². The Morgan fingerprint density at radius 3 is 2.25 bits per heavy atom. The molecule has 3 aromatic carbocycles. The Morgan fingerprint density at radius 2 is 1.50 bits per heavy atom. The first-order chi connectivity index (χ1) is 17.6. The van der Waals surface area contributed by atoms with Crippen molar-refractivity contribution in [1.82, 2.24) is 4.90 Å². The van der Waals surface area contributed by atoms with Crippen molar-refractivity contribution >= 4 is 11.6 Å². The third kappa shape index (κ3) is 7.13. The van der Waals surface area contributed by atoms with Crippen LogP contribution in [0.25, 0.3) is 0 Å². The number of anilines is 1. The van der Waals surface area contributed by atoms with Crippen LogP contribution >= 0.6 is 0 Å². The SMILES string of the molecule is COc1ccc(CC(=O)N2CCCCCCCCN(Cc3ccccc3)c3ccccc3C2)cc1C. The Hall–Kier alpha value is -3.27. The van der Waals surface area contributed by atoms with Gasteiger partial charge in [-0.15, -0.1) is 0 Å². The largest absolute Gasteiger partial charge is 0.496 e. The summed E-state index contributed by atoms with van der Waals surface area (Å²) >= 11 is 0. The minimum absolute atomic E-state index is 0.193. The van der Waals surface area contributed by atoms with Gasteiger partial charge in [0.15, 0.2) is 0 Å². The van der Waals surface area contributed by atoms with Gasteiger partial charge in [-0.25, -0.2) is 0 Å². The summed E-state index contributed by atoms with van der Waals surface area (Å²) in [6.45, 7) is 5.40. The summed E-state index contributed by atoms with van der Waals surface area (Å²) in [5, 5.41) is 0. The monoisotopic (exact) mass is 484 g/mol. The molecule has 36 heavy (non-hydrogen) atoms. The van der Waals surface area contributed by atoms with E-state index in [1.54, 1.807) is 7.11 Å². The molecule has 1 aliphatic rings. The summed E-state index contributed by atoms with van der Waals surface area (Å²) in [6, 6.07) is 25.4. The number of ether oxygens (including phenoxy) is 1. The van der Waals surface area contributed by atoms with E-state index in [0.717, 1.165) is 42.9 Å². The molecule has 0 aromatic heterocycles. The standard InChI is InChI=1S/C32H40N2O2/c1-26-22-28(18-19-31(26)36-2)23-32(35)34-21-13-6-4-3-5-12-20-33(24-27-14-8-7-9-15-27)30-17-11-10-16-29(30)25-34/h7-11,14-19,22H,3-6,12-13,20-21,23-25H2,1-2H3. The lowest BCUT2D eigenvalue weighted by Crippen LogP contribution is -2.34. The molecule has 0 spiro atoms. The highest BCUT2D eigenvalue weighted by Crippen LogP contribution is 2.26. The summed E-state index contributed by atoms with van der Waals surface area (Å²) in [4.78, 5) is 18.2. The first-order valence-electron chi connectivity index (χ1n) is 13.4. The third-order valence-corrected chi connectivity index (χ3v) is 7.18. The number of amides is 1. The van der Waals surface area contributed by atoms with Gasteiger partial charge in [0, 0.05) is 31.9 Å². The molecule has 1 heterocycles. The van der Waals surface area contributed by atoms with Gasteiger partial charge in [0.05, 0.1) is 13.5 Å². The van der Waals surface area contributed by atoms with Crippen molar-refractivity contribution in [1.29, 1.82) is 0 Å². The van der Waals surface area contributed by atoms with Crippen LogP contribution in [0, 0.1) is 6.92 Å². The number of carbonyl (C=O) groups excluding carboxylic acids is 1. The van der Waals surface area contributed by atoms with Gasteiger partial charge >= 0.3 is 0 Å². The molecular formula is C32H40N2O2. The molecule has 4 rings (SSSR count). The van der Waals surface area contributed by atoms with Crippen LogP contribution in [-0.2, 0) is 24.3 Å². The van der Waals surface area contributed by atoms with Gasteiger partial charge in [0.2, 0.25) is 5.91 Å². The number of aryl methyl sites for hydroxylation is 1. The van der Waals surface area contributed by atoms with E-state index < -0.39 is 0 Å². The smallest absolute Gasteiger partial charge is 0.227 e. The molecule has 0 unspecified atom stereocenters. The molecule has 0 bridgehead atoms. The Bertz CT molecular complexity index is 1110. The highest BCUT2D eigenvalue weighted by atomic mass is 16.5. The number of methoxy groups -OCH3 is 1. The summed E-state index contributed by atoms with van der Waals surface area (Å²) in [7, 11) is 1.69. The van der Waals surface area contributed by atoms with Crippen molar-refractivity contribution in [2.24, 2.45) is 0 Å². The van der Waals surface area contributed by atoms with Crippen molar-refractivity contribution in [3.63, 3.8) is 0 Å². The van der Waals surface area contributed by atoms with Crippen molar-refractivity contribution < 1.29 is 9.53 Å². The van der Waals surface area contributed by atoms with E-state index in [4.69, 9.17) is 4.74 Å². The Kier molecular flexibility index (Phi) is 9.43. The molecule has 0 atom stereocenters. The molecule has 0 saturated carbocycles. The molecule has 190 valence electrons. The van der Waals surface area contributed by atoms with Crippen LogP contribution < -0.4 is 9.64 Å². The maximum absolute atomic E-state index is 13.6. The lowest BCUT2D eigenvalue weighted by Gasteiger charge is -2.30. The van der Waals surface area contributed by atoms with E-state index >= 15 is 0 Å². The number of rotatable bonds is 5. The Balaban J connectivity index is 1.58. The number of fused-ring (bicyclic) bond motifs is 1. The van der Waals surface area contributed by atoms with Crippen LogP contribution in [0.3, 0.4) is 0 Å². The normalized spacial score (nSPS) is 15.3. The number of benzene rings is 3. The van der Waals surface area contributed by atoms with Crippen molar-refractivity contribution in [3.05, 3.63) is 95.1 Å². The highest BCUT2D eigenvalue weighted by molar-refractivity contribution is 5.79. The average Bonchev–Trinajstić information content (AvgIpc) is 2.91. The fourth-order valence-corrected chi connectivity index (χ4v) is 5.19. The maximum atomic E-state index is 13.6. The average molecular weight is 485 g/mol. The van der Waals surface area contributed by atoms with Gasteiger partial charge in [0.25, 0.3) is 0 Å². The van der Waals surface area contributed by atoms with Crippen LogP contribution in [0.15, 0.2) is 72.8 Å². The predicted octanol–water partition coefficient (Wildman–Crippen LogP) is 6.94. The second-order valence-corrected chi connectivity index (χ2v) is 9.95. The molecule has 0 aliphatic carbocycles. The number of hydrogen-bond donors (Lipinski definition) is 0. The molecule has 3 aromatic rings. The lowest BCUT2D eigenvalue weighted by molar-refractivity contribution is -0.131. The number of carbonyl (C=O) groups is 1. The first kappa shape index (κ1) is 25.8. The molecular weight excluding hydrogens is 444 g/mol. The van der Waals surface area contributed by atoms with Crippen LogP contribution in [0.5, 0.6) is 5.75 Å². The van der Waals surface area contributed by atoms with Gasteiger partial charge in [-0.2, -0.15) is 0 Å². The highest BCUT2D eigenvalue weighted by Gasteiger charge is 2.19. The van der Waals surface area contributed by atoms with E-state index in [9.17, 15) is 4.79 Å². The van der Waals surface area contributed by atoms with Gasteiger partial charge in [-0.1, -0.05) is 86.3 Å². The van der Waals surface area contributed by atoms with Crippen LogP contribution in [0.2, 0.25) is 0 Å². The van der Waals surface area contributed by atoms with Crippen molar-refractivity contribution in [2.75, 3.05) is 25.1 Å². The van der Waals surface area contributed by atoms with E-state index in [-0.39, 0.29) is 5.91 Å². The molecule has 0 saturated heterocycles. The van der Waals surface area contributed by atoms with E-state index in [2.05, 4.69) is 70.5 Å². The molecule has 1 amide bonds. The van der Waals surface area contributed by atoms with Crippen LogP contribution in [-0.4, -0.2) is 31.0 Å². The second-order valence-electron chi connectivity index (χ2n) is 9.95. The van der Waals surface area contributed by atoms with Crippen LogP contribution in [0.1, 0.15) is 60.8 Å². The minimum atomic E-state index is 0.193.